The SMILES string of the molecule is COc1ccc2c(c1)OCC(C(O)CN1CCN(C(C(N)=O)c3cccc(Cl)c3)CC1)O2. The van der Waals surface area contributed by atoms with Crippen LogP contribution in [0.5, 0.6) is 17.2 Å². The number of aliphatic hydroxyl groups is 1. The van der Waals surface area contributed by atoms with Crippen LogP contribution in [0.15, 0.2) is 42.5 Å². The van der Waals surface area contributed by atoms with Crippen LogP contribution in [0.4, 0.5) is 0 Å². The third kappa shape index (κ3) is 5.10. The Morgan fingerprint density at radius 3 is 2.69 bits per heavy atom. The number of rotatable bonds is 7. The first-order chi connectivity index (χ1) is 15.4. The van der Waals surface area contributed by atoms with Crippen LogP contribution in [0.2, 0.25) is 5.02 Å². The van der Waals surface area contributed by atoms with Gasteiger partial charge in [-0.1, -0.05) is 23.7 Å². The molecule has 0 spiro atoms. The van der Waals surface area contributed by atoms with Crippen molar-refractivity contribution in [1.82, 2.24) is 9.80 Å². The highest BCUT2D eigenvalue weighted by molar-refractivity contribution is 6.30. The molecule has 0 saturated carbocycles. The van der Waals surface area contributed by atoms with E-state index in [1.165, 1.54) is 0 Å². The maximum absolute atomic E-state index is 12.2. The fraction of sp³-hybridized carbons (Fsp3) is 0.435. The zero-order chi connectivity index (χ0) is 22.7. The van der Waals surface area contributed by atoms with E-state index in [0.717, 1.165) is 5.56 Å². The highest BCUT2D eigenvalue weighted by Crippen LogP contribution is 2.35. The molecule has 3 N–H and O–H groups in total. The zero-order valence-electron chi connectivity index (χ0n) is 17.9. The fourth-order valence-electron chi connectivity index (χ4n) is 4.20. The van der Waals surface area contributed by atoms with Gasteiger partial charge in [0.05, 0.1) is 7.11 Å². The number of nitrogens with zero attached hydrogens (tertiary/aromatic N) is 2. The van der Waals surface area contributed by atoms with Gasteiger partial charge < -0.3 is 25.1 Å². The van der Waals surface area contributed by atoms with Gasteiger partial charge >= 0.3 is 0 Å². The van der Waals surface area contributed by atoms with Crippen LogP contribution in [0.25, 0.3) is 0 Å². The molecule has 0 radical (unpaired) electrons. The molecule has 0 aliphatic carbocycles. The average molecular weight is 462 g/mol. The van der Waals surface area contributed by atoms with Gasteiger partial charge in [-0.3, -0.25) is 14.6 Å². The van der Waals surface area contributed by atoms with E-state index in [9.17, 15) is 9.90 Å². The molecule has 8 nitrogen and oxygen atoms in total. The maximum atomic E-state index is 12.2. The van der Waals surface area contributed by atoms with Gasteiger partial charge in [-0.25, -0.2) is 0 Å². The van der Waals surface area contributed by atoms with Crippen LogP contribution < -0.4 is 19.9 Å². The molecule has 32 heavy (non-hydrogen) atoms. The monoisotopic (exact) mass is 461 g/mol. The second kappa shape index (κ2) is 9.95. The molecule has 0 aromatic heterocycles. The lowest BCUT2D eigenvalue weighted by atomic mass is 10.0. The summed E-state index contributed by atoms with van der Waals surface area (Å²) in [5.41, 5.74) is 6.50. The quantitative estimate of drug-likeness (QED) is 0.647. The largest absolute Gasteiger partial charge is 0.497 e. The topological polar surface area (TPSA) is 97.5 Å². The summed E-state index contributed by atoms with van der Waals surface area (Å²) < 4.78 is 16.9. The molecular formula is C23H28ClN3O5. The first-order valence-corrected chi connectivity index (χ1v) is 11.0. The van der Waals surface area contributed by atoms with Crippen molar-refractivity contribution in [2.24, 2.45) is 5.73 Å². The summed E-state index contributed by atoms with van der Waals surface area (Å²) in [5, 5.41) is 11.3. The Hall–Kier alpha value is -2.52. The highest BCUT2D eigenvalue weighted by atomic mass is 35.5. The molecule has 1 amide bonds. The summed E-state index contributed by atoms with van der Waals surface area (Å²) in [6, 6.07) is 12.1. The number of piperazine rings is 1. The third-order valence-electron chi connectivity index (χ3n) is 5.91. The fourth-order valence-corrected chi connectivity index (χ4v) is 4.40. The number of carbonyl (C=O) groups is 1. The van der Waals surface area contributed by atoms with E-state index >= 15 is 0 Å². The number of hydrogen-bond acceptors (Lipinski definition) is 7. The Kier molecular flexibility index (Phi) is 7.05. The van der Waals surface area contributed by atoms with Gasteiger partial charge in [-0.15, -0.1) is 0 Å². The number of β-amino-alcohol motifs (C(OH)–C–C–N with tert-alkyl or cyclic N) is 1. The van der Waals surface area contributed by atoms with Crippen LogP contribution in [0.3, 0.4) is 0 Å². The number of ether oxygens (including phenoxy) is 3. The molecule has 1 fully saturated rings. The van der Waals surface area contributed by atoms with Gasteiger partial charge in [0.25, 0.3) is 0 Å². The first-order valence-electron chi connectivity index (χ1n) is 10.6. The van der Waals surface area contributed by atoms with Crippen molar-refractivity contribution in [1.29, 1.82) is 0 Å². The van der Waals surface area contributed by atoms with Crippen LogP contribution in [-0.4, -0.2) is 79.5 Å². The molecule has 2 aromatic carbocycles. The Bertz CT molecular complexity index is 951. The number of carbonyl (C=O) groups excluding carboxylic acids is 1. The standard InChI is InChI=1S/C23H28ClN3O5/c1-30-17-5-6-19-20(12-17)31-14-21(32-19)18(28)13-26-7-9-27(10-8-26)22(23(25)29)15-3-2-4-16(24)11-15/h2-6,11-12,18,21-22,28H,7-10,13-14H2,1H3,(H2,25,29). The van der Waals surface area contributed by atoms with Crippen molar-refractivity contribution in [2.75, 3.05) is 46.4 Å². The third-order valence-corrected chi connectivity index (χ3v) is 6.15. The van der Waals surface area contributed by atoms with Crippen molar-refractivity contribution in [3.05, 3.63) is 53.1 Å². The lowest BCUT2D eigenvalue weighted by Crippen LogP contribution is -2.54. The van der Waals surface area contributed by atoms with E-state index in [4.69, 9.17) is 31.5 Å². The minimum Gasteiger partial charge on any atom is -0.497 e. The number of primary amides is 1. The molecule has 0 bridgehead atoms. The highest BCUT2D eigenvalue weighted by Gasteiger charge is 2.33. The smallest absolute Gasteiger partial charge is 0.239 e. The molecule has 3 unspecified atom stereocenters. The minimum atomic E-state index is -0.711. The van der Waals surface area contributed by atoms with Crippen molar-refractivity contribution in [2.45, 2.75) is 18.2 Å². The Balaban J connectivity index is 1.32. The average Bonchev–Trinajstić information content (AvgIpc) is 2.79. The number of methoxy groups -OCH3 is 1. The molecule has 2 aliphatic rings. The molecule has 2 aliphatic heterocycles. The number of aliphatic hydroxyl groups excluding tert-OH is 1. The van der Waals surface area contributed by atoms with Crippen molar-refractivity contribution in [3.8, 4) is 17.2 Å². The summed E-state index contributed by atoms with van der Waals surface area (Å²) >= 11 is 6.10. The predicted molar refractivity (Wildman–Crippen MR) is 120 cm³/mol. The molecule has 2 heterocycles. The minimum absolute atomic E-state index is 0.264. The van der Waals surface area contributed by atoms with Gasteiger partial charge in [-0.2, -0.15) is 0 Å². The Morgan fingerprint density at radius 2 is 2.00 bits per heavy atom. The lowest BCUT2D eigenvalue weighted by Gasteiger charge is -2.40. The summed E-state index contributed by atoms with van der Waals surface area (Å²) in [4.78, 5) is 16.4. The lowest BCUT2D eigenvalue weighted by molar-refractivity contribution is -0.124. The van der Waals surface area contributed by atoms with Gasteiger partial charge in [0.1, 0.15) is 24.5 Å². The van der Waals surface area contributed by atoms with Gasteiger partial charge in [-0.05, 0) is 29.8 Å². The van der Waals surface area contributed by atoms with Gasteiger partial charge in [0.2, 0.25) is 5.91 Å². The second-order valence-electron chi connectivity index (χ2n) is 8.04. The molecule has 2 aromatic rings. The van der Waals surface area contributed by atoms with E-state index < -0.39 is 24.2 Å². The number of amides is 1. The number of nitrogens with two attached hydrogens (primary N) is 1. The van der Waals surface area contributed by atoms with E-state index in [0.29, 0.717) is 55.0 Å². The normalized spacial score (nSPS) is 21.0. The van der Waals surface area contributed by atoms with Crippen LogP contribution >= 0.6 is 11.6 Å². The maximum Gasteiger partial charge on any atom is 0.239 e. The molecular weight excluding hydrogens is 434 g/mol. The predicted octanol–water partition coefficient (Wildman–Crippen LogP) is 1.69. The molecule has 172 valence electrons. The van der Waals surface area contributed by atoms with E-state index in [1.807, 2.05) is 12.1 Å². The first kappa shape index (κ1) is 22.7. The van der Waals surface area contributed by atoms with Crippen LogP contribution in [0, 0.1) is 0 Å². The summed E-state index contributed by atoms with van der Waals surface area (Å²) in [5.74, 6) is 1.50. The number of halogens is 1. The van der Waals surface area contributed by atoms with Crippen LogP contribution in [-0.2, 0) is 4.79 Å². The Morgan fingerprint density at radius 1 is 1.22 bits per heavy atom. The Labute approximate surface area is 192 Å². The van der Waals surface area contributed by atoms with Crippen molar-refractivity contribution >= 4 is 17.5 Å². The van der Waals surface area contributed by atoms with E-state index in [1.54, 1.807) is 37.4 Å². The zero-order valence-corrected chi connectivity index (χ0v) is 18.7. The molecule has 9 heteroatoms. The van der Waals surface area contributed by atoms with Gasteiger partial charge in [0.15, 0.2) is 17.6 Å². The van der Waals surface area contributed by atoms with E-state index in [2.05, 4.69) is 9.80 Å². The number of hydrogen-bond donors (Lipinski definition) is 2. The van der Waals surface area contributed by atoms with Crippen molar-refractivity contribution in [3.63, 3.8) is 0 Å². The van der Waals surface area contributed by atoms with Gasteiger partial charge in [0, 0.05) is 43.8 Å². The number of fused-ring (bicyclic) bond motifs is 1. The second-order valence-corrected chi connectivity index (χ2v) is 8.48. The summed E-state index contributed by atoms with van der Waals surface area (Å²) in [6.45, 7) is 3.41. The number of benzene rings is 2. The molecule has 3 atom stereocenters. The van der Waals surface area contributed by atoms with Crippen molar-refractivity contribution < 1.29 is 24.1 Å². The van der Waals surface area contributed by atoms with E-state index in [-0.39, 0.29) is 6.61 Å². The van der Waals surface area contributed by atoms with Crippen LogP contribution in [0.1, 0.15) is 11.6 Å². The summed E-state index contributed by atoms with van der Waals surface area (Å²) in [6.07, 6.45) is -1.17. The molecule has 4 rings (SSSR count). The molecule has 1 saturated heterocycles. The summed E-state index contributed by atoms with van der Waals surface area (Å²) in [7, 11) is 1.60.